The number of aromatic nitrogens is 2. The number of piperidine rings is 1. The molecule has 1 saturated heterocycles. The van der Waals surface area contributed by atoms with E-state index >= 15 is 0 Å². The van der Waals surface area contributed by atoms with E-state index in [9.17, 15) is 19.1 Å². The van der Waals surface area contributed by atoms with E-state index in [-0.39, 0.29) is 29.1 Å². The van der Waals surface area contributed by atoms with Gasteiger partial charge in [0.2, 0.25) is 11.9 Å². The van der Waals surface area contributed by atoms with Gasteiger partial charge in [0.15, 0.2) is 11.6 Å². The Morgan fingerprint density at radius 1 is 1.26 bits per heavy atom. The Labute approximate surface area is 198 Å². The quantitative estimate of drug-likeness (QED) is 0.518. The van der Waals surface area contributed by atoms with E-state index < -0.39 is 11.9 Å². The summed E-state index contributed by atoms with van der Waals surface area (Å²) < 4.78 is 14.6. The molecule has 1 aromatic heterocycles. The third-order valence-corrected chi connectivity index (χ3v) is 6.51. The highest BCUT2D eigenvalue weighted by Crippen LogP contribution is 2.34. The molecule has 182 valence electrons. The molecule has 2 aliphatic heterocycles. The van der Waals surface area contributed by atoms with Gasteiger partial charge in [0.05, 0.1) is 6.20 Å². The standard InChI is InChI=1S/C24H31FN6O3/c1-24(2,3)20(29-23(33)34)14-8-10-31(11-9-14)21-17(25)13-26-22(30-21)27-16-5-6-18-15(12-16)4-7-19(32)28-18/h5-6,12-14,20,29H,4,7-11H2,1-3H3,(H,28,32)(H,33,34)(H,26,27,30). The Morgan fingerprint density at radius 2 is 2.00 bits per heavy atom. The molecule has 0 bridgehead atoms. The van der Waals surface area contributed by atoms with Crippen LogP contribution in [0.25, 0.3) is 0 Å². The number of halogens is 1. The van der Waals surface area contributed by atoms with Crippen molar-refractivity contribution in [3.8, 4) is 0 Å². The van der Waals surface area contributed by atoms with Gasteiger partial charge < -0.3 is 26.0 Å². The van der Waals surface area contributed by atoms with Crippen LogP contribution in [0.1, 0.15) is 45.6 Å². The lowest BCUT2D eigenvalue weighted by Crippen LogP contribution is -2.51. The van der Waals surface area contributed by atoms with Crippen molar-refractivity contribution in [3.63, 3.8) is 0 Å². The van der Waals surface area contributed by atoms with Crippen LogP contribution in [0.3, 0.4) is 0 Å². The highest BCUT2D eigenvalue weighted by molar-refractivity contribution is 5.94. The molecule has 0 spiro atoms. The predicted molar refractivity (Wildman–Crippen MR) is 128 cm³/mol. The molecule has 1 unspecified atom stereocenters. The lowest BCUT2D eigenvalue weighted by atomic mass is 9.75. The lowest BCUT2D eigenvalue weighted by molar-refractivity contribution is -0.116. The summed E-state index contributed by atoms with van der Waals surface area (Å²) in [5.74, 6) is 0.202. The fourth-order valence-corrected chi connectivity index (χ4v) is 4.85. The topological polar surface area (TPSA) is 119 Å². The van der Waals surface area contributed by atoms with Crippen molar-refractivity contribution in [1.29, 1.82) is 0 Å². The van der Waals surface area contributed by atoms with E-state index in [1.54, 1.807) is 0 Å². The Balaban J connectivity index is 1.45. The molecule has 0 radical (unpaired) electrons. The van der Waals surface area contributed by atoms with Crippen molar-refractivity contribution in [2.75, 3.05) is 28.6 Å². The summed E-state index contributed by atoms with van der Waals surface area (Å²) in [6, 6.07) is 5.41. The number of carbonyl (C=O) groups excluding carboxylic acids is 1. The molecule has 2 amide bonds. The summed E-state index contributed by atoms with van der Waals surface area (Å²) in [4.78, 5) is 33.3. The van der Waals surface area contributed by atoms with Gasteiger partial charge in [-0.2, -0.15) is 4.98 Å². The van der Waals surface area contributed by atoms with Gasteiger partial charge in [-0.1, -0.05) is 20.8 Å². The fourth-order valence-electron chi connectivity index (χ4n) is 4.85. The third kappa shape index (κ3) is 5.37. The van der Waals surface area contributed by atoms with Crippen LogP contribution in [0, 0.1) is 17.2 Å². The normalized spacial score (nSPS) is 17.5. The minimum Gasteiger partial charge on any atom is -0.465 e. The van der Waals surface area contributed by atoms with Crippen LogP contribution in [0.4, 0.5) is 32.3 Å². The Bertz CT molecular complexity index is 1080. The maximum atomic E-state index is 14.6. The number of carboxylic acid groups (broad SMARTS) is 1. The number of hydrogen-bond acceptors (Lipinski definition) is 6. The molecule has 2 aliphatic rings. The average molecular weight is 471 g/mol. The summed E-state index contributed by atoms with van der Waals surface area (Å²) in [7, 11) is 0. The first-order valence-electron chi connectivity index (χ1n) is 11.6. The third-order valence-electron chi connectivity index (χ3n) is 6.51. The molecule has 9 nitrogen and oxygen atoms in total. The Morgan fingerprint density at radius 3 is 2.68 bits per heavy atom. The largest absolute Gasteiger partial charge is 0.465 e. The van der Waals surface area contributed by atoms with E-state index in [0.29, 0.717) is 31.9 Å². The number of nitrogens with zero attached hydrogens (tertiary/aromatic N) is 3. The molecular weight excluding hydrogens is 439 g/mol. The first-order chi connectivity index (χ1) is 16.1. The van der Waals surface area contributed by atoms with Crippen molar-refractivity contribution in [1.82, 2.24) is 15.3 Å². The molecular formula is C24H31FN6O3. The van der Waals surface area contributed by atoms with Gasteiger partial charge in [-0.25, -0.2) is 14.2 Å². The predicted octanol–water partition coefficient (Wildman–Crippen LogP) is 4.14. The van der Waals surface area contributed by atoms with Crippen molar-refractivity contribution in [3.05, 3.63) is 35.8 Å². The van der Waals surface area contributed by atoms with Gasteiger partial charge in [-0.15, -0.1) is 0 Å². The summed E-state index contributed by atoms with van der Waals surface area (Å²) >= 11 is 0. The average Bonchev–Trinajstić information content (AvgIpc) is 2.78. The van der Waals surface area contributed by atoms with Crippen molar-refractivity contribution < 1.29 is 19.1 Å². The smallest absolute Gasteiger partial charge is 0.404 e. The molecule has 1 fully saturated rings. The van der Waals surface area contributed by atoms with Gasteiger partial charge in [-0.05, 0) is 54.4 Å². The zero-order valence-electron chi connectivity index (χ0n) is 19.7. The molecule has 4 N–H and O–H groups in total. The highest BCUT2D eigenvalue weighted by Gasteiger charge is 2.36. The van der Waals surface area contributed by atoms with Crippen LogP contribution >= 0.6 is 0 Å². The van der Waals surface area contributed by atoms with E-state index in [1.807, 2.05) is 43.9 Å². The Kier molecular flexibility index (Phi) is 6.58. The van der Waals surface area contributed by atoms with E-state index in [4.69, 9.17) is 0 Å². The van der Waals surface area contributed by atoms with Crippen LogP contribution in [0.5, 0.6) is 0 Å². The fraction of sp³-hybridized carbons (Fsp3) is 0.500. The molecule has 34 heavy (non-hydrogen) atoms. The first kappa shape index (κ1) is 23.7. The van der Waals surface area contributed by atoms with Crippen LogP contribution in [-0.2, 0) is 11.2 Å². The minimum atomic E-state index is -1.02. The maximum absolute atomic E-state index is 14.6. The number of aryl methyl sites for hydroxylation is 1. The molecule has 1 aromatic carbocycles. The molecule has 2 aromatic rings. The van der Waals surface area contributed by atoms with Crippen molar-refractivity contribution >= 4 is 35.1 Å². The van der Waals surface area contributed by atoms with Gasteiger partial charge >= 0.3 is 6.09 Å². The number of carbonyl (C=O) groups is 2. The van der Waals surface area contributed by atoms with Gasteiger partial charge in [0, 0.05) is 36.9 Å². The first-order valence-corrected chi connectivity index (χ1v) is 11.6. The lowest BCUT2D eigenvalue weighted by Gasteiger charge is -2.41. The van der Waals surface area contributed by atoms with E-state index in [0.717, 1.165) is 29.8 Å². The number of nitrogens with one attached hydrogen (secondary N) is 3. The molecule has 3 heterocycles. The van der Waals surface area contributed by atoms with Gasteiger partial charge in [-0.3, -0.25) is 4.79 Å². The van der Waals surface area contributed by atoms with E-state index in [1.165, 1.54) is 6.20 Å². The summed E-state index contributed by atoms with van der Waals surface area (Å²) in [5, 5.41) is 17.9. The van der Waals surface area contributed by atoms with Crippen LogP contribution in [-0.4, -0.2) is 46.2 Å². The van der Waals surface area contributed by atoms with Crippen molar-refractivity contribution in [2.24, 2.45) is 11.3 Å². The molecule has 0 saturated carbocycles. The minimum absolute atomic E-state index is 0.0102. The summed E-state index contributed by atoms with van der Waals surface area (Å²) in [5.41, 5.74) is 2.37. The van der Waals surface area contributed by atoms with Gasteiger partial charge in [0.1, 0.15) is 0 Å². The number of anilines is 4. The molecule has 10 heteroatoms. The highest BCUT2D eigenvalue weighted by atomic mass is 19.1. The van der Waals surface area contributed by atoms with E-state index in [2.05, 4.69) is 25.9 Å². The number of amides is 2. The SMILES string of the molecule is CC(C)(C)C(NC(=O)O)C1CCN(c2nc(Nc3ccc4c(c3)CCC(=O)N4)ncc2F)CC1. The zero-order valence-corrected chi connectivity index (χ0v) is 19.7. The second kappa shape index (κ2) is 9.44. The van der Waals surface area contributed by atoms with Gasteiger partial charge in [0.25, 0.3) is 0 Å². The second-order valence-corrected chi connectivity index (χ2v) is 10.0. The second-order valence-electron chi connectivity index (χ2n) is 10.0. The number of benzene rings is 1. The molecule has 1 atom stereocenters. The number of hydrogen-bond donors (Lipinski definition) is 4. The number of fused-ring (bicyclic) bond motifs is 1. The summed E-state index contributed by atoms with van der Waals surface area (Å²) in [6.45, 7) is 7.22. The summed E-state index contributed by atoms with van der Waals surface area (Å²) in [6.07, 6.45) is 2.70. The zero-order chi connectivity index (χ0) is 24.5. The maximum Gasteiger partial charge on any atom is 0.404 e. The monoisotopic (exact) mass is 470 g/mol. The van der Waals surface area contributed by atoms with Crippen LogP contribution < -0.4 is 20.9 Å². The number of rotatable bonds is 5. The van der Waals surface area contributed by atoms with Crippen molar-refractivity contribution in [2.45, 2.75) is 52.5 Å². The van der Waals surface area contributed by atoms with Crippen LogP contribution in [0.2, 0.25) is 0 Å². The Hall–Kier alpha value is -3.43. The van der Waals surface area contributed by atoms with Crippen LogP contribution in [0.15, 0.2) is 24.4 Å². The molecule has 4 rings (SSSR count). The molecule has 0 aliphatic carbocycles.